The molecule has 0 spiro atoms. The molecule has 0 saturated carbocycles. The molecule has 8 heteroatoms. The third-order valence-corrected chi connectivity index (χ3v) is 7.05. The third kappa shape index (κ3) is 6.62. The summed E-state index contributed by atoms with van der Waals surface area (Å²) in [5.74, 6) is 1.31. The van der Waals surface area contributed by atoms with E-state index in [0.29, 0.717) is 44.7 Å². The molecule has 0 bridgehead atoms. The minimum absolute atomic E-state index is 0.188. The van der Waals surface area contributed by atoms with E-state index in [-0.39, 0.29) is 24.0 Å². The van der Waals surface area contributed by atoms with Gasteiger partial charge in [-0.1, -0.05) is 87.9 Å². The predicted molar refractivity (Wildman–Crippen MR) is 142 cm³/mol. The van der Waals surface area contributed by atoms with Crippen LogP contribution in [0.2, 0.25) is 20.1 Å². The Balaban J connectivity index is 2.43. The lowest BCUT2D eigenvalue weighted by Crippen LogP contribution is -2.32. The second kappa shape index (κ2) is 11.7. The zero-order valence-electron chi connectivity index (χ0n) is 20.0. The zero-order chi connectivity index (χ0) is 25.1. The van der Waals surface area contributed by atoms with Gasteiger partial charge in [-0.05, 0) is 47.2 Å². The Bertz CT molecular complexity index is 842. The normalized spacial score (nSPS) is 14.0. The highest BCUT2D eigenvalue weighted by Crippen LogP contribution is 2.44. The Morgan fingerprint density at radius 2 is 0.939 bits per heavy atom. The summed E-state index contributed by atoms with van der Waals surface area (Å²) in [5, 5.41) is 1.68. The van der Waals surface area contributed by atoms with Gasteiger partial charge in [-0.25, -0.2) is 0 Å². The van der Waals surface area contributed by atoms with Crippen LogP contribution in [0.1, 0.15) is 52.7 Å². The van der Waals surface area contributed by atoms with Crippen LogP contribution in [0.15, 0.2) is 24.3 Å². The molecule has 0 aliphatic rings. The second-order valence-electron chi connectivity index (χ2n) is 9.44. The highest BCUT2D eigenvalue weighted by atomic mass is 35.5. The first-order valence-corrected chi connectivity index (χ1v) is 12.6. The summed E-state index contributed by atoms with van der Waals surface area (Å²) in [6.45, 7) is 13.0. The number of hydrogen-bond donors (Lipinski definition) is 2. The van der Waals surface area contributed by atoms with Gasteiger partial charge in [0.2, 0.25) is 0 Å². The molecule has 2 atom stereocenters. The average Bonchev–Trinajstić information content (AvgIpc) is 2.72. The quantitative estimate of drug-likeness (QED) is 0.333. The van der Waals surface area contributed by atoms with Gasteiger partial charge in [0.15, 0.2) is 11.5 Å². The van der Waals surface area contributed by atoms with Crippen LogP contribution in [0.5, 0.6) is 11.5 Å². The van der Waals surface area contributed by atoms with Crippen molar-refractivity contribution < 1.29 is 9.47 Å². The lowest BCUT2D eigenvalue weighted by molar-refractivity contribution is 0.159. The fraction of sp³-hybridized carbons (Fsp3) is 0.520. The summed E-state index contributed by atoms with van der Waals surface area (Å²) < 4.78 is 12.0. The standard InChI is InChI=1S/C25H34Cl4N2O2/c1-13(2)21(11-30)32-23-17(26)7-15(8-18(23)27)25(5,6)16-9-19(28)24(20(29)10-16)33-22(12-31)14(3)4/h7-10,13-14,21-22H,11-12,30-31H2,1-6H3. The molecule has 0 heterocycles. The van der Waals surface area contributed by atoms with Crippen LogP contribution >= 0.6 is 46.4 Å². The van der Waals surface area contributed by atoms with Gasteiger partial charge >= 0.3 is 0 Å². The molecule has 0 fully saturated rings. The second-order valence-corrected chi connectivity index (χ2v) is 11.1. The van der Waals surface area contributed by atoms with E-state index in [0.717, 1.165) is 11.1 Å². The van der Waals surface area contributed by atoms with E-state index in [4.69, 9.17) is 67.3 Å². The van der Waals surface area contributed by atoms with Crippen molar-refractivity contribution in [2.75, 3.05) is 13.1 Å². The molecular formula is C25H34Cl4N2O2. The van der Waals surface area contributed by atoms with Crippen LogP contribution in [0.3, 0.4) is 0 Å². The van der Waals surface area contributed by atoms with Crippen molar-refractivity contribution in [3.8, 4) is 11.5 Å². The Kier molecular flexibility index (Phi) is 10.1. The molecule has 0 aliphatic heterocycles. The molecule has 2 aromatic rings. The fourth-order valence-corrected chi connectivity index (χ4v) is 4.60. The van der Waals surface area contributed by atoms with Crippen molar-refractivity contribution in [2.24, 2.45) is 23.3 Å². The molecular weight excluding hydrogens is 502 g/mol. The summed E-state index contributed by atoms with van der Waals surface area (Å²) in [6.07, 6.45) is -0.376. The molecule has 0 radical (unpaired) electrons. The van der Waals surface area contributed by atoms with Gasteiger partial charge in [-0.15, -0.1) is 0 Å². The van der Waals surface area contributed by atoms with E-state index in [2.05, 4.69) is 0 Å². The summed E-state index contributed by atoms with van der Waals surface area (Å²) in [4.78, 5) is 0. The Morgan fingerprint density at radius 3 is 1.15 bits per heavy atom. The van der Waals surface area contributed by atoms with Crippen molar-refractivity contribution in [1.29, 1.82) is 0 Å². The Labute approximate surface area is 217 Å². The van der Waals surface area contributed by atoms with Crippen LogP contribution in [0, 0.1) is 11.8 Å². The van der Waals surface area contributed by atoms with Crippen molar-refractivity contribution in [3.05, 3.63) is 55.5 Å². The maximum absolute atomic E-state index is 6.59. The first-order chi connectivity index (χ1) is 15.3. The Morgan fingerprint density at radius 1 is 0.667 bits per heavy atom. The average molecular weight is 536 g/mol. The van der Waals surface area contributed by atoms with Crippen molar-refractivity contribution in [3.63, 3.8) is 0 Å². The lowest BCUT2D eigenvalue weighted by Gasteiger charge is -2.29. The summed E-state index contributed by atoms with van der Waals surface area (Å²) in [5.41, 5.74) is 13.0. The molecule has 0 aliphatic carbocycles. The van der Waals surface area contributed by atoms with Gasteiger partial charge in [-0.2, -0.15) is 0 Å². The fourth-order valence-electron chi connectivity index (χ4n) is 3.45. The molecule has 184 valence electrons. The van der Waals surface area contributed by atoms with Gasteiger partial charge in [0.05, 0.1) is 20.1 Å². The monoisotopic (exact) mass is 534 g/mol. The van der Waals surface area contributed by atoms with Crippen molar-refractivity contribution >= 4 is 46.4 Å². The highest BCUT2D eigenvalue weighted by molar-refractivity contribution is 6.38. The maximum Gasteiger partial charge on any atom is 0.156 e. The number of benzene rings is 2. The van der Waals surface area contributed by atoms with Gasteiger partial charge in [0.1, 0.15) is 12.2 Å². The first kappa shape index (κ1) is 28.4. The number of ether oxygens (including phenoxy) is 2. The van der Waals surface area contributed by atoms with E-state index in [9.17, 15) is 0 Å². The molecule has 2 aromatic carbocycles. The van der Waals surface area contributed by atoms with Crippen molar-refractivity contribution in [1.82, 2.24) is 0 Å². The number of hydrogen-bond acceptors (Lipinski definition) is 4. The maximum atomic E-state index is 6.59. The smallest absolute Gasteiger partial charge is 0.156 e. The molecule has 4 nitrogen and oxygen atoms in total. The molecule has 33 heavy (non-hydrogen) atoms. The molecule has 0 aromatic heterocycles. The number of nitrogens with two attached hydrogens (primary N) is 2. The third-order valence-electron chi connectivity index (χ3n) is 5.93. The minimum Gasteiger partial charge on any atom is -0.486 e. The Hall–Kier alpha value is -0.880. The molecule has 4 N–H and O–H groups in total. The topological polar surface area (TPSA) is 70.5 Å². The van der Waals surface area contributed by atoms with Crippen LogP contribution < -0.4 is 20.9 Å². The van der Waals surface area contributed by atoms with E-state index in [1.165, 1.54) is 0 Å². The van der Waals surface area contributed by atoms with Gasteiger partial charge in [0, 0.05) is 18.5 Å². The summed E-state index contributed by atoms with van der Waals surface area (Å²) >= 11 is 26.4. The molecule has 0 saturated heterocycles. The number of halogens is 4. The van der Waals surface area contributed by atoms with Crippen molar-refractivity contribution in [2.45, 2.75) is 59.2 Å². The van der Waals surface area contributed by atoms with Crippen LogP contribution in [0.25, 0.3) is 0 Å². The van der Waals surface area contributed by atoms with Gasteiger partial charge in [0.25, 0.3) is 0 Å². The van der Waals surface area contributed by atoms with E-state index >= 15 is 0 Å². The number of rotatable bonds is 10. The highest BCUT2D eigenvalue weighted by Gasteiger charge is 2.29. The largest absolute Gasteiger partial charge is 0.486 e. The van der Waals surface area contributed by atoms with E-state index in [1.807, 2.05) is 65.8 Å². The van der Waals surface area contributed by atoms with Crippen LogP contribution in [-0.2, 0) is 5.41 Å². The molecule has 0 amide bonds. The van der Waals surface area contributed by atoms with Crippen LogP contribution in [-0.4, -0.2) is 25.3 Å². The SMILES string of the molecule is CC(C)C(CN)Oc1c(Cl)cc(C(C)(C)c2cc(Cl)c(OC(CN)C(C)C)c(Cl)c2)cc1Cl. The molecule has 2 unspecified atom stereocenters. The van der Waals surface area contributed by atoms with Gasteiger partial charge in [-0.3, -0.25) is 0 Å². The summed E-state index contributed by atoms with van der Waals surface area (Å²) in [6, 6.07) is 7.41. The van der Waals surface area contributed by atoms with Crippen LogP contribution in [0.4, 0.5) is 0 Å². The van der Waals surface area contributed by atoms with E-state index in [1.54, 1.807) is 0 Å². The van der Waals surface area contributed by atoms with E-state index < -0.39 is 5.41 Å². The molecule has 2 rings (SSSR count). The van der Waals surface area contributed by atoms with Gasteiger partial charge < -0.3 is 20.9 Å². The predicted octanol–water partition coefficient (Wildman–Crippen LogP) is 7.35. The first-order valence-electron chi connectivity index (χ1n) is 11.1. The minimum atomic E-state index is -0.506. The zero-order valence-corrected chi connectivity index (χ0v) is 23.0. The summed E-state index contributed by atoms with van der Waals surface area (Å²) in [7, 11) is 0. The lowest BCUT2D eigenvalue weighted by atomic mass is 9.78.